The molecule has 0 aliphatic carbocycles. The van der Waals surface area contributed by atoms with Crippen LogP contribution in [0.1, 0.15) is 29.5 Å². The van der Waals surface area contributed by atoms with Crippen LogP contribution in [0.15, 0.2) is 47.6 Å². The molecule has 0 spiro atoms. The van der Waals surface area contributed by atoms with Crippen molar-refractivity contribution in [2.75, 3.05) is 11.2 Å². The molecule has 0 saturated carbocycles. The van der Waals surface area contributed by atoms with E-state index in [-0.39, 0.29) is 5.82 Å². The van der Waals surface area contributed by atoms with Crippen molar-refractivity contribution in [3.63, 3.8) is 0 Å². The van der Waals surface area contributed by atoms with E-state index in [9.17, 15) is 4.39 Å². The Balaban J connectivity index is 2.08. The summed E-state index contributed by atoms with van der Waals surface area (Å²) in [5.74, 6) is 0.256. The van der Waals surface area contributed by atoms with Crippen molar-refractivity contribution in [1.29, 1.82) is 0 Å². The lowest BCUT2D eigenvalue weighted by Gasteiger charge is -2.12. The monoisotopic (exact) mass is 377 g/mol. The van der Waals surface area contributed by atoms with Crippen LogP contribution in [-0.2, 0) is 0 Å². The molecule has 2 N–H and O–H groups in total. The maximum atomic E-state index is 13.1. The minimum Gasteiger partial charge on any atom is -0.331 e. The molecule has 0 aliphatic heterocycles. The average Bonchev–Trinajstić information content (AvgIpc) is 2.58. The highest BCUT2D eigenvalue weighted by Gasteiger charge is 2.06. The van der Waals surface area contributed by atoms with Crippen molar-refractivity contribution in [2.24, 2.45) is 5.10 Å². The van der Waals surface area contributed by atoms with Crippen molar-refractivity contribution in [2.45, 2.75) is 26.7 Å². The van der Waals surface area contributed by atoms with Gasteiger partial charge in [-0.05, 0) is 68.2 Å². The Morgan fingerprint density at radius 3 is 2.52 bits per heavy atom. The van der Waals surface area contributed by atoms with Gasteiger partial charge in [-0.1, -0.05) is 29.8 Å². The molecule has 0 bridgehead atoms. The average molecular weight is 378 g/mol. The van der Waals surface area contributed by atoms with Gasteiger partial charge in [0.2, 0.25) is 0 Å². The summed E-state index contributed by atoms with van der Waals surface area (Å²) in [4.78, 5) is 0. The van der Waals surface area contributed by atoms with E-state index in [1.54, 1.807) is 12.1 Å². The standard InChI is InChI=1S/C19H21ClFN3S/c1-13-5-10-17(14(2)12-13)22-19(25)24-23-18(4-3-11-20)15-6-8-16(21)9-7-15/h5-10,12H,3-4,11H2,1-2H3,(H2,22,24,25). The lowest BCUT2D eigenvalue weighted by molar-refractivity contribution is 0.627. The summed E-state index contributed by atoms with van der Waals surface area (Å²) in [5.41, 5.74) is 7.72. The predicted octanol–water partition coefficient (Wildman–Crippen LogP) is 5.15. The topological polar surface area (TPSA) is 36.4 Å². The Morgan fingerprint density at radius 1 is 1.16 bits per heavy atom. The lowest BCUT2D eigenvalue weighted by atomic mass is 10.1. The number of halogens is 2. The van der Waals surface area contributed by atoms with Crippen LogP contribution < -0.4 is 10.7 Å². The number of nitrogens with zero attached hydrogens (tertiary/aromatic N) is 1. The maximum absolute atomic E-state index is 13.1. The molecule has 0 radical (unpaired) electrons. The molecule has 25 heavy (non-hydrogen) atoms. The Kier molecular flexibility index (Phi) is 7.34. The van der Waals surface area contributed by atoms with E-state index in [1.165, 1.54) is 17.7 Å². The van der Waals surface area contributed by atoms with E-state index in [4.69, 9.17) is 23.8 Å². The molecule has 2 rings (SSSR count). The van der Waals surface area contributed by atoms with E-state index < -0.39 is 0 Å². The molecular formula is C19H21ClFN3S. The highest BCUT2D eigenvalue weighted by molar-refractivity contribution is 7.80. The predicted molar refractivity (Wildman–Crippen MR) is 108 cm³/mol. The van der Waals surface area contributed by atoms with Gasteiger partial charge in [0.15, 0.2) is 5.11 Å². The Bertz CT molecular complexity index is 760. The summed E-state index contributed by atoms with van der Waals surface area (Å²) in [6.45, 7) is 4.06. The molecule has 3 nitrogen and oxygen atoms in total. The molecule has 0 atom stereocenters. The molecule has 0 amide bonds. The van der Waals surface area contributed by atoms with Gasteiger partial charge in [-0.2, -0.15) is 5.10 Å². The van der Waals surface area contributed by atoms with Gasteiger partial charge in [0, 0.05) is 11.6 Å². The minimum absolute atomic E-state index is 0.277. The van der Waals surface area contributed by atoms with Gasteiger partial charge in [-0.3, -0.25) is 5.43 Å². The van der Waals surface area contributed by atoms with E-state index in [0.29, 0.717) is 17.4 Å². The first-order chi connectivity index (χ1) is 12.0. The number of rotatable bonds is 6. The zero-order chi connectivity index (χ0) is 18.2. The van der Waals surface area contributed by atoms with Crippen LogP contribution in [0.2, 0.25) is 0 Å². The molecule has 0 unspecified atom stereocenters. The number of alkyl halides is 1. The highest BCUT2D eigenvalue weighted by atomic mass is 35.5. The van der Waals surface area contributed by atoms with Gasteiger partial charge in [-0.15, -0.1) is 11.6 Å². The fourth-order valence-corrected chi connectivity index (χ4v) is 2.65. The van der Waals surface area contributed by atoms with Crippen molar-refractivity contribution >= 4 is 40.3 Å². The number of nitrogens with one attached hydrogen (secondary N) is 2. The third kappa shape index (κ3) is 6.11. The summed E-state index contributed by atoms with van der Waals surface area (Å²) < 4.78 is 13.1. The quantitative estimate of drug-likeness (QED) is 0.316. The molecule has 2 aromatic carbocycles. The smallest absolute Gasteiger partial charge is 0.191 e. The third-order valence-corrected chi connectivity index (χ3v) is 4.11. The number of thiocarbonyl (C=S) groups is 1. The van der Waals surface area contributed by atoms with Gasteiger partial charge < -0.3 is 5.32 Å². The van der Waals surface area contributed by atoms with E-state index in [0.717, 1.165) is 28.9 Å². The first-order valence-electron chi connectivity index (χ1n) is 8.02. The number of hydrazone groups is 1. The largest absolute Gasteiger partial charge is 0.331 e. The van der Waals surface area contributed by atoms with Crippen LogP contribution >= 0.6 is 23.8 Å². The summed E-state index contributed by atoms with van der Waals surface area (Å²) in [6.07, 6.45) is 1.45. The van der Waals surface area contributed by atoms with E-state index in [2.05, 4.69) is 21.9 Å². The van der Waals surface area contributed by atoms with Crippen LogP contribution in [0.3, 0.4) is 0 Å². The molecule has 2 aromatic rings. The fourth-order valence-electron chi connectivity index (χ4n) is 2.36. The van der Waals surface area contributed by atoms with Crippen LogP contribution in [0.5, 0.6) is 0 Å². The van der Waals surface area contributed by atoms with Crippen molar-refractivity contribution in [3.05, 3.63) is 65.0 Å². The second kappa shape index (κ2) is 9.49. The van der Waals surface area contributed by atoms with Gasteiger partial charge in [-0.25, -0.2) is 4.39 Å². The Hall–Kier alpha value is -1.98. The van der Waals surface area contributed by atoms with E-state index in [1.807, 2.05) is 26.0 Å². The Morgan fingerprint density at radius 2 is 1.88 bits per heavy atom. The lowest BCUT2D eigenvalue weighted by Crippen LogP contribution is -2.25. The number of aryl methyl sites for hydroxylation is 2. The molecule has 6 heteroatoms. The fraction of sp³-hybridized carbons (Fsp3) is 0.263. The van der Waals surface area contributed by atoms with Gasteiger partial charge in [0.1, 0.15) is 5.82 Å². The molecule has 0 heterocycles. The molecule has 0 fully saturated rings. The van der Waals surface area contributed by atoms with Gasteiger partial charge in [0.25, 0.3) is 0 Å². The summed E-state index contributed by atoms with van der Waals surface area (Å²) >= 11 is 11.1. The molecule has 0 saturated heterocycles. The van der Waals surface area contributed by atoms with Crippen LogP contribution in [-0.4, -0.2) is 16.7 Å². The summed E-state index contributed by atoms with van der Waals surface area (Å²) in [6, 6.07) is 12.3. The zero-order valence-corrected chi connectivity index (χ0v) is 15.8. The summed E-state index contributed by atoms with van der Waals surface area (Å²) in [7, 11) is 0. The van der Waals surface area contributed by atoms with Crippen LogP contribution in [0.4, 0.5) is 10.1 Å². The van der Waals surface area contributed by atoms with Crippen molar-refractivity contribution in [3.8, 4) is 0 Å². The molecule has 0 aliphatic rings. The molecular weight excluding hydrogens is 357 g/mol. The van der Waals surface area contributed by atoms with Gasteiger partial charge >= 0.3 is 0 Å². The second-order valence-electron chi connectivity index (χ2n) is 5.74. The second-order valence-corrected chi connectivity index (χ2v) is 6.53. The zero-order valence-electron chi connectivity index (χ0n) is 14.3. The van der Waals surface area contributed by atoms with Crippen LogP contribution in [0, 0.1) is 19.7 Å². The normalized spacial score (nSPS) is 11.3. The summed E-state index contributed by atoms with van der Waals surface area (Å²) in [5, 5.41) is 7.92. The SMILES string of the molecule is Cc1ccc(NC(=S)NN=C(CCCCl)c2ccc(F)cc2)c(C)c1. The van der Waals surface area contributed by atoms with Crippen molar-refractivity contribution in [1.82, 2.24) is 5.43 Å². The van der Waals surface area contributed by atoms with E-state index >= 15 is 0 Å². The highest BCUT2D eigenvalue weighted by Crippen LogP contribution is 2.16. The Labute approximate surface area is 158 Å². The molecule has 0 aromatic heterocycles. The number of hydrogen-bond acceptors (Lipinski definition) is 2. The first kappa shape index (κ1) is 19.3. The number of anilines is 1. The molecule has 132 valence electrons. The maximum Gasteiger partial charge on any atom is 0.191 e. The minimum atomic E-state index is -0.277. The van der Waals surface area contributed by atoms with Crippen molar-refractivity contribution < 1.29 is 4.39 Å². The number of hydrogen-bond donors (Lipinski definition) is 2. The number of benzene rings is 2. The third-order valence-electron chi connectivity index (χ3n) is 3.65. The first-order valence-corrected chi connectivity index (χ1v) is 8.96. The van der Waals surface area contributed by atoms with Crippen LogP contribution in [0.25, 0.3) is 0 Å². The van der Waals surface area contributed by atoms with Gasteiger partial charge in [0.05, 0.1) is 5.71 Å².